The second kappa shape index (κ2) is 24.7. The molecule has 0 spiro atoms. The highest BCUT2D eigenvalue weighted by atomic mass is 32.1. The van der Waals surface area contributed by atoms with E-state index in [0.29, 0.717) is 48.7 Å². The predicted molar refractivity (Wildman–Crippen MR) is 261 cm³/mol. The van der Waals surface area contributed by atoms with Gasteiger partial charge in [-0.05, 0) is 93.5 Å². The molecule has 0 bridgehead atoms. The average Bonchev–Trinajstić information content (AvgIpc) is 3.90. The number of hydrogen-bond acceptors (Lipinski definition) is 12. The number of benzene rings is 3. The van der Waals surface area contributed by atoms with Crippen LogP contribution in [0, 0.1) is 12.3 Å². The summed E-state index contributed by atoms with van der Waals surface area (Å²) in [6, 6.07) is 19.1. The second-order valence-corrected chi connectivity index (χ2v) is 19.6. The Hall–Kier alpha value is -6.21. The van der Waals surface area contributed by atoms with Gasteiger partial charge in [0.15, 0.2) is 0 Å². The molecule has 1 aliphatic rings. The second-order valence-electron chi connectivity index (χ2n) is 18.7. The third-order valence-electron chi connectivity index (χ3n) is 10.7. The first-order chi connectivity index (χ1) is 32.3. The van der Waals surface area contributed by atoms with Crippen molar-refractivity contribution in [2.75, 3.05) is 48.9 Å². The fourth-order valence-corrected chi connectivity index (χ4v) is 8.10. The summed E-state index contributed by atoms with van der Waals surface area (Å²) < 4.78 is 16.5. The van der Waals surface area contributed by atoms with Crippen LogP contribution in [0.3, 0.4) is 0 Å². The van der Waals surface area contributed by atoms with Crippen LogP contribution in [0.5, 0.6) is 0 Å². The molecule has 6 N–H and O–H groups in total. The van der Waals surface area contributed by atoms with Crippen LogP contribution in [0.2, 0.25) is 0 Å². The highest BCUT2D eigenvalue weighted by Crippen LogP contribution is 2.29. The average molecular weight is 956 g/mol. The first-order valence-electron chi connectivity index (χ1n) is 22.8. The molecule has 366 valence electrons. The molecule has 1 fully saturated rings. The predicted octanol–water partition coefficient (Wildman–Crippen LogP) is 7.06. The van der Waals surface area contributed by atoms with Gasteiger partial charge in [-0.3, -0.25) is 29.3 Å². The van der Waals surface area contributed by atoms with Crippen molar-refractivity contribution in [1.82, 2.24) is 20.5 Å². The van der Waals surface area contributed by atoms with Crippen molar-refractivity contribution in [3.05, 3.63) is 95.1 Å². The zero-order valence-corrected chi connectivity index (χ0v) is 40.8. The van der Waals surface area contributed by atoms with Crippen molar-refractivity contribution in [3.63, 3.8) is 0 Å². The van der Waals surface area contributed by atoms with E-state index in [-0.39, 0.29) is 44.5 Å². The zero-order chi connectivity index (χ0) is 49.4. The number of ether oxygens (including phenoxy) is 3. The number of nitrogens with one attached hydrogen (secondary N) is 5. The number of aliphatic hydroxyl groups is 1. The molecule has 6 amide bonds. The number of anilines is 3. The topological polar surface area (TPSA) is 227 Å². The van der Waals surface area contributed by atoms with Crippen LogP contribution in [0.15, 0.2) is 78.3 Å². The molecule has 0 aliphatic carbocycles. The molecule has 3 atom stereocenters. The van der Waals surface area contributed by atoms with Gasteiger partial charge >= 0.3 is 6.09 Å². The van der Waals surface area contributed by atoms with Gasteiger partial charge in [0, 0.05) is 44.0 Å². The number of β-amino-alcohol motifs (C(OH)–C–C–N with tert-alkyl or cyclic N) is 1. The molecule has 1 saturated heterocycles. The SMILES string of the molecule is Cc1ncsc1-c1ccc(CNC(=O)[C@@H]2C[C@@H](O)CN2C(=O)[C@@H](NC(=O)COCCCCCCOCC(=O)Nc2ccc(C(=O)Nc3ccccc3NC(=O)OC(C)(C)C)cc2)C(C)(C)C)cc1. The van der Waals surface area contributed by atoms with Crippen molar-refractivity contribution < 1.29 is 48.1 Å². The Kier molecular flexibility index (Phi) is 19.2. The number of para-hydroxylation sites is 2. The summed E-state index contributed by atoms with van der Waals surface area (Å²) in [4.78, 5) is 84.8. The van der Waals surface area contributed by atoms with E-state index in [4.69, 9.17) is 14.2 Å². The van der Waals surface area contributed by atoms with Crippen LogP contribution in [-0.2, 0) is 39.9 Å². The number of carbonyl (C=O) groups excluding carboxylic acids is 6. The molecule has 68 heavy (non-hydrogen) atoms. The van der Waals surface area contributed by atoms with Gasteiger partial charge in [0.1, 0.15) is 30.9 Å². The van der Waals surface area contributed by atoms with Crippen molar-refractivity contribution in [2.24, 2.45) is 5.41 Å². The van der Waals surface area contributed by atoms with Gasteiger partial charge in [0.25, 0.3) is 5.91 Å². The molecule has 0 radical (unpaired) electrons. The van der Waals surface area contributed by atoms with Crippen LogP contribution < -0.4 is 26.6 Å². The fourth-order valence-electron chi connectivity index (χ4n) is 7.29. The van der Waals surface area contributed by atoms with Crippen LogP contribution in [0.1, 0.15) is 95.3 Å². The first-order valence-corrected chi connectivity index (χ1v) is 23.7. The Labute approximate surface area is 402 Å². The summed E-state index contributed by atoms with van der Waals surface area (Å²) in [5, 5.41) is 24.5. The molecule has 5 rings (SSSR count). The van der Waals surface area contributed by atoms with Crippen LogP contribution >= 0.6 is 11.3 Å². The van der Waals surface area contributed by atoms with E-state index in [1.165, 1.54) is 4.90 Å². The van der Waals surface area contributed by atoms with Crippen molar-refractivity contribution in [3.8, 4) is 10.4 Å². The van der Waals surface area contributed by atoms with Crippen molar-refractivity contribution in [1.29, 1.82) is 0 Å². The third-order valence-corrected chi connectivity index (χ3v) is 11.7. The van der Waals surface area contributed by atoms with Gasteiger partial charge in [-0.1, -0.05) is 70.0 Å². The summed E-state index contributed by atoms with van der Waals surface area (Å²) in [6.07, 6.45) is 1.60. The number of aromatic nitrogens is 1. The van der Waals surface area contributed by atoms with Crippen LogP contribution in [-0.4, -0.2) is 107 Å². The molecular weight excluding hydrogens is 891 g/mol. The number of likely N-dealkylation sites (tertiary alicyclic amines) is 1. The third kappa shape index (κ3) is 16.5. The minimum absolute atomic E-state index is 0.0213. The van der Waals surface area contributed by atoms with E-state index in [1.54, 1.807) is 86.1 Å². The number of hydrogen-bond donors (Lipinski definition) is 6. The molecular formula is C50H65N7O10S. The van der Waals surface area contributed by atoms with Gasteiger partial charge < -0.3 is 45.5 Å². The molecule has 4 aromatic rings. The Balaban J connectivity index is 0.942. The quantitative estimate of drug-likeness (QED) is 0.0464. The Morgan fingerprint density at radius 1 is 0.794 bits per heavy atom. The fraction of sp³-hybridized carbons (Fsp3) is 0.460. The van der Waals surface area contributed by atoms with Gasteiger partial charge in [-0.25, -0.2) is 9.78 Å². The number of thiazole rings is 1. The lowest BCUT2D eigenvalue weighted by molar-refractivity contribution is -0.144. The summed E-state index contributed by atoms with van der Waals surface area (Å²) in [5.41, 5.74) is 4.92. The summed E-state index contributed by atoms with van der Waals surface area (Å²) >= 11 is 1.57. The van der Waals surface area contributed by atoms with Gasteiger partial charge in [0.2, 0.25) is 23.6 Å². The lowest BCUT2D eigenvalue weighted by atomic mass is 9.85. The summed E-state index contributed by atoms with van der Waals surface area (Å²) in [7, 11) is 0. The van der Waals surface area contributed by atoms with Gasteiger partial charge in [-0.15, -0.1) is 11.3 Å². The highest BCUT2D eigenvalue weighted by Gasteiger charge is 2.44. The lowest BCUT2D eigenvalue weighted by Crippen LogP contribution is -2.58. The monoisotopic (exact) mass is 955 g/mol. The molecule has 1 aliphatic heterocycles. The van der Waals surface area contributed by atoms with Gasteiger partial charge in [0.05, 0.1) is 33.6 Å². The van der Waals surface area contributed by atoms with E-state index in [2.05, 4.69) is 31.6 Å². The molecule has 17 nitrogen and oxygen atoms in total. The Bertz CT molecular complexity index is 2340. The van der Waals surface area contributed by atoms with E-state index in [0.717, 1.165) is 34.5 Å². The summed E-state index contributed by atoms with van der Waals surface area (Å²) in [5.74, 6) is -2.03. The number of nitrogens with zero attached hydrogens (tertiary/aromatic N) is 2. The Morgan fingerprint density at radius 2 is 1.41 bits per heavy atom. The minimum Gasteiger partial charge on any atom is -0.444 e. The highest BCUT2D eigenvalue weighted by molar-refractivity contribution is 7.13. The smallest absolute Gasteiger partial charge is 0.412 e. The molecule has 18 heteroatoms. The minimum atomic E-state index is -0.962. The molecule has 3 aromatic carbocycles. The number of carbonyl (C=O) groups is 6. The van der Waals surface area contributed by atoms with Crippen LogP contribution in [0.4, 0.5) is 21.9 Å². The van der Waals surface area contributed by atoms with E-state index < -0.39 is 53.0 Å². The number of rotatable bonds is 21. The maximum Gasteiger partial charge on any atom is 0.412 e. The van der Waals surface area contributed by atoms with E-state index in [9.17, 15) is 33.9 Å². The maximum absolute atomic E-state index is 13.9. The summed E-state index contributed by atoms with van der Waals surface area (Å²) in [6.45, 7) is 13.3. The lowest BCUT2D eigenvalue weighted by Gasteiger charge is -2.35. The molecule has 0 saturated carbocycles. The number of aliphatic hydroxyl groups excluding tert-OH is 1. The Morgan fingerprint density at radius 3 is 2.00 bits per heavy atom. The van der Waals surface area contributed by atoms with Crippen molar-refractivity contribution >= 4 is 64.0 Å². The van der Waals surface area contributed by atoms with Crippen molar-refractivity contribution in [2.45, 2.75) is 111 Å². The van der Waals surface area contributed by atoms with Crippen LogP contribution in [0.25, 0.3) is 10.4 Å². The number of unbranched alkanes of at least 4 members (excludes halogenated alkanes) is 3. The normalized spacial score (nSPS) is 15.3. The van der Waals surface area contributed by atoms with E-state index in [1.807, 2.05) is 52.0 Å². The first kappa shape index (κ1) is 52.8. The zero-order valence-electron chi connectivity index (χ0n) is 39.9. The largest absolute Gasteiger partial charge is 0.444 e. The standard InChI is InChI=1S/C50H65N7O10S/c1-32-43(68-31-52-32)34-18-16-33(17-19-34)27-51-46(62)40-26-37(58)28-57(40)47(63)44(49(2,3)4)56-42(60)30-66-25-13-9-8-12-24-65-29-41(59)53-36-22-20-35(21-23-36)45(61)54-38-14-10-11-15-39(38)55-48(64)67-50(5,6)7/h10-11,14-23,31,37,40,44,58H,8-9,12-13,24-30H2,1-7H3,(H,51,62)(H,53,59)(H,54,61)(H,55,64)(H,56,60)/t37-,40+,44-/m1/s1. The molecule has 2 heterocycles. The number of aryl methyl sites for hydroxylation is 1. The molecule has 1 aromatic heterocycles. The maximum atomic E-state index is 13.9. The van der Waals surface area contributed by atoms with Gasteiger partial charge in [-0.2, -0.15) is 0 Å². The number of amides is 6. The molecule has 0 unspecified atom stereocenters. The van der Waals surface area contributed by atoms with E-state index >= 15 is 0 Å².